The zero-order valence-electron chi connectivity index (χ0n) is 11.1. The molecule has 2 rings (SSSR count). The Bertz CT molecular complexity index is 653. The van der Waals surface area contributed by atoms with Crippen molar-refractivity contribution in [1.82, 2.24) is 9.29 Å². The number of sulfonamides is 1. The van der Waals surface area contributed by atoms with Crippen LogP contribution in [0.4, 0.5) is 0 Å². The van der Waals surface area contributed by atoms with E-state index in [-0.39, 0.29) is 18.0 Å². The van der Waals surface area contributed by atoms with Gasteiger partial charge in [-0.15, -0.1) is 11.3 Å². The van der Waals surface area contributed by atoms with Gasteiger partial charge in [-0.05, 0) is 18.2 Å². The topological polar surface area (TPSA) is 70.5 Å². The Balaban J connectivity index is 2.25. The molecule has 0 bridgehead atoms. The minimum Gasteiger partial charge on any atom is -0.391 e. The molecule has 0 spiro atoms. The molecule has 2 aromatic heterocycles. The van der Waals surface area contributed by atoms with Crippen LogP contribution in [0.25, 0.3) is 0 Å². The van der Waals surface area contributed by atoms with E-state index in [0.717, 1.165) is 0 Å². The highest BCUT2D eigenvalue weighted by atomic mass is 32.2. The number of nitrogens with zero attached hydrogens (tertiary/aromatic N) is 2. The fourth-order valence-electron chi connectivity index (χ4n) is 1.77. The lowest BCUT2D eigenvalue weighted by Crippen LogP contribution is -2.30. The molecule has 0 atom stereocenters. The Morgan fingerprint density at radius 1 is 1.40 bits per heavy atom. The lowest BCUT2D eigenvalue weighted by atomic mass is 10.3. The molecule has 1 N–H and O–H groups in total. The second-order valence-electron chi connectivity index (χ2n) is 4.16. The monoisotopic (exact) mass is 312 g/mol. The molecule has 0 radical (unpaired) electrons. The van der Waals surface area contributed by atoms with Crippen molar-refractivity contribution in [2.75, 3.05) is 6.54 Å². The average Bonchev–Trinajstić information content (AvgIpc) is 2.95. The first-order chi connectivity index (χ1) is 9.57. The molecule has 0 aromatic carbocycles. The summed E-state index contributed by atoms with van der Waals surface area (Å²) >= 11 is 1.24. The maximum absolute atomic E-state index is 12.5. The zero-order chi connectivity index (χ0) is 14.6. The third-order valence-electron chi connectivity index (χ3n) is 2.84. The van der Waals surface area contributed by atoms with Gasteiger partial charge in [0.05, 0.1) is 23.7 Å². The molecule has 0 amide bonds. The predicted molar refractivity (Wildman–Crippen MR) is 77.7 cm³/mol. The summed E-state index contributed by atoms with van der Waals surface area (Å²) in [5, 5.41) is 10.6. The van der Waals surface area contributed by atoms with Crippen LogP contribution in [0.15, 0.2) is 40.7 Å². The Kier molecular flexibility index (Phi) is 4.87. The Morgan fingerprint density at radius 2 is 2.20 bits per heavy atom. The van der Waals surface area contributed by atoms with Gasteiger partial charge >= 0.3 is 0 Å². The number of rotatable bonds is 6. The van der Waals surface area contributed by atoms with Gasteiger partial charge in [0.25, 0.3) is 0 Å². The van der Waals surface area contributed by atoms with Gasteiger partial charge < -0.3 is 5.11 Å². The highest BCUT2D eigenvalue weighted by molar-refractivity contribution is 7.89. The van der Waals surface area contributed by atoms with Gasteiger partial charge in [0, 0.05) is 23.0 Å². The van der Waals surface area contributed by atoms with Crippen LogP contribution in [-0.4, -0.2) is 29.4 Å². The van der Waals surface area contributed by atoms with Gasteiger partial charge in [0.2, 0.25) is 10.0 Å². The van der Waals surface area contributed by atoms with Crippen molar-refractivity contribution in [2.24, 2.45) is 0 Å². The van der Waals surface area contributed by atoms with Gasteiger partial charge in [0.1, 0.15) is 0 Å². The second-order valence-corrected chi connectivity index (χ2v) is 7.09. The van der Waals surface area contributed by atoms with Crippen LogP contribution in [-0.2, 0) is 23.2 Å². The van der Waals surface area contributed by atoms with Gasteiger partial charge in [-0.25, -0.2) is 8.42 Å². The molecule has 0 aliphatic rings. The van der Waals surface area contributed by atoms with E-state index in [2.05, 4.69) is 4.98 Å². The molecule has 0 aliphatic carbocycles. The van der Waals surface area contributed by atoms with Gasteiger partial charge in [-0.2, -0.15) is 4.31 Å². The first-order valence-electron chi connectivity index (χ1n) is 6.16. The van der Waals surface area contributed by atoms with Gasteiger partial charge in [-0.3, -0.25) is 4.98 Å². The predicted octanol–water partition coefficient (Wildman–Crippen LogP) is 1.85. The molecule has 7 heteroatoms. The quantitative estimate of drug-likeness (QED) is 0.883. The Labute approximate surface area is 122 Å². The van der Waals surface area contributed by atoms with Crippen LogP contribution in [0.5, 0.6) is 0 Å². The van der Waals surface area contributed by atoms with E-state index in [1.54, 1.807) is 30.6 Å². The minimum absolute atomic E-state index is 0.146. The molecule has 0 aliphatic heterocycles. The summed E-state index contributed by atoms with van der Waals surface area (Å²) in [6.45, 7) is 2.25. The minimum atomic E-state index is -3.55. The number of aliphatic hydroxyl groups is 1. The molecular formula is C13H16N2O3S2. The smallest absolute Gasteiger partial charge is 0.244 e. The number of hydrogen-bond donors (Lipinski definition) is 1. The molecule has 108 valence electrons. The summed E-state index contributed by atoms with van der Waals surface area (Å²) in [6, 6.07) is 6.93. The van der Waals surface area contributed by atoms with Crippen LogP contribution in [0.1, 0.15) is 17.5 Å². The highest BCUT2D eigenvalue weighted by Gasteiger charge is 2.24. The maximum Gasteiger partial charge on any atom is 0.244 e. The Morgan fingerprint density at radius 3 is 2.75 bits per heavy atom. The normalized spacial score (nSPS) is 11.9. The first-order valence-corrected chi connectivity index (χ1v) is 8.48. The van der Waals surface area contributed by atoms with E-state index in [1.807, 2.05) is 6.07 Å². The molecule has 2 aromatic rings. The number of hydrogen-bond acceptors (Lipinski definition) is 5. The summed E-state index contributed by atoms with van der Waals surface area (Å²) in [6.07, 6.45) is 1.64. The number of pyridine rings is 1. The number of aliphatic hydroxyl groups excluding tert-OH is 1. The molecule has 0 fully saturated rings. The van der Waals surface area contributed by atoms with Gasteiger partial charge in [0.15, 0.2) is 0 Å². The van der Waals surface area contributed by atoms with Crippen molar-refractivity contribution in [3.8, 4) is 0 Å². The third kappa shape index (κ3) is 3.24. The van der Waals surface area contributed by atoms with Crippen LogP contribution < -0.4 is 0 Å². The van der Waals surface area contributed by atoms with Gasteiger partial charge in [-0.1, -0.05) is 13.0 Å². The van der Waals surface area contributed by atoms with Crippen molar-refractivity contribution in [1.29, 1.82) is 0 Å². The van der Waals surface area contributed by atoms with Crippen molar-refractivity contribution in [2.45, 2.75) is 25.0 Å². The fraction of sp³-hybridized carbons (Fsp3) is 0.308. The molecule has 20 heavy (non-hydrogen) atoms. The maximum atomic E-state index is 12.5. The van der Waals surface area contributed by atoms with Crippen molar-refractivity contribution in [3.63, 3.8) is 0 Å². The van der Waals surface area contributed by atoms with Crippen LogP contribution >= 0.6 is 11.3 Å². The van der Waals surface area contributed by atoms with Crippen LogP contribution in [0.3, 0.4) is 0 Å². The summed E-state index contributed by atoms with van der Waals surface area (Å²) in [5.41, 5.74) is 0.704. The third-order valence-corrected chi connectivity index (χ3v) is 5.81. The number of thiophene rings is 1. The van der Waals surface area contributed by atoms with Crippen LogP contribution in [0.2, 0.25) is 0 Å². The van der Waals surface area contributed by atoms with Crippen molar-refractivity contribution in [3.05, 3.63) is 46.4 Å². The molecular weight excluding hydrogens is 296 g/mol. The lowest BCUT2D eigenvalue weighted by molar-refractivity contribution is 0.285. The number of aromatic nitrogens is 1. The zero-order valence-corrected chi connectivity index (χ0v) is 12.7. The van der Waals surface area contributed by atoms with E-state index < -0.39 is 10.0 Å². The standard InChI is InChI=1S/C13H16N2O3S2/c1-2-15(8-11-5-3-4-6-14-11)20(17,18)13-7-12(9-16)19-10-13/h3-7,10,16H,2,8-9H2,1H3. The second kappa shape index (κ2) is 6.45. The first kappa shape index (κ1) is 15.1. The van der Waals surface area contributed by atoms with E-state index in [1.165, 1.54) is 21.7 Å². The largest absolute Gasteiger partial charge is 0.391 e. The van der Waals surface area contributed by atoms with Crippen LogP contribution in [0, 0.1) is 0 Å². The van der Waals surface area contributed by atoms with Crippen molar-refractivity contribution < 1.29 is 13.5 Å². The van der Waals surface area contributed by atoms with E-state index >= 15 is 0 Å². The highest BCUT2D eigenvalue weighted by Crippen LogP contribution is 2.23. The van der Waals surface area contributed by atoms with E-state index in [9.17, 15) is 8.42 Å². The van der Waals surface area contributed by atoms with E-state index in [4.69, 9.17) is 5.11 Å². The molecule has 0 unspecified atom stereocenters. The summed E-state index contributed by atoms with van der Waals surface area (Å²) in [4.78, 5) is 5.01. The summed E-state index contributed by atoms with van der Waals surface area (Å²) < 4.78 is 26.4. The molecule has 2 heterocycles. The average molecular weight is 312 g/mol. The lowest BCUT2D eigenvalue weighted by Gasteiger charge is -2.19. The Hall–Kier alpha value is -1.28. The SMILES string of the molecule is CCN(Cc1ccccn1)S(=O)(=O)c1csc(CO)c1. The summed E-state index contributed by atoms with van der Waals surface area (Å²) in [5.74, 6) is 0. The van der Waals surface area contributed by atoms with Crippen molar-refractivity contribution >= 4 is 21.4 Å². The summed E-state index contributed by atoms with van der Waals surface area (Å²) in [7, 11) is -3.55. The molecule has 0 saturated heterocycles. The fourth-order valence-corrected chi connectivity index (χ4v) is 4.31. The van der Waals surface area contributed by atoms with E-state index in [0.29, 0.717) is 17.1 Å². The molecule has 5 nitrogen and oxygen atoms in total. The molecule has 0 saturated carbocycles.